The lowest BCUT2D eigenvalue weighted by atomic mass is 10.1. The van der Waals surface area contributed by atoms with Crippen LogP contribution in [-0.4, -0.2) is 0 Å². The molecule has 0 saturated heterocycles. The molecule has 0 aliphatic carbocycles. The van der Waals surface area contributed by atoms with Gasteiger partial charge in [0.2, 0.25) is 0 Å². The van der Waals surface area contributed by atoms with Crippen LogP contribution in [0.2, 0.25) is 0 Å². The minimum atomic E-state index is -0.670. The molecule has 0 aromatic heterocycles. The van der Waals surface area contributed by atoms with Crippen molar-refractivity contribution in [3.05, 3.63) is 65.0 Å². The van der Waals surface area contributed by atoms with Gasteiger partial charge in [0.15, 0.2) is 0 Å². The molecule has 0 heterocycles. The smallest absolute Gasteiger partial charge is 0.126 e. The van der Waals surface area contributed by atoms with Crippen molar-refractivity contribution in [2.45, 2.75) is 6.54 Å². The van der Waals surface area contributed by atoms with Gasteiger partial charge >= 0.3 is 0 Å². The average molecular weight is 262 g/mol. The van der Waals surface area contributed by atoms with Crippen molar-refractivity contribution >= 4 is 5.69 Å². The fourth-order valence-electron chi connectivity index (χ4n) is 1.67. The molecule has 5 heteroatoms. The van der Waals surface area contributed by atoms with Gasteiger partial charge in [0.25, 0.3) is 0 Å². The van der Waals surface area contributed by atoms with E-state index < -0.39 is 17.5 Å². The highest BCUT2D eigenvalue weighted by atomic mass is 19.1. The molecule has 0 saturated carbocycles. The third-order valence-electron chi connectivity index (χ3n) is 2.51. The first-order valence-corrected chi connectivity index (χ1v) is 5.47. The Balaban J connectivity index is 2.17. The molecule has 0 spiro atoms. The Morgan fingerprint density at radius 1 is 0.947 bits per heavy atom. The SMILES string of the molecule is N#Cc1cc(F)ccc1NCc1cc(F)cc(F)c1. The van der Waals surface area contributed by atoms with Gasteiger partial charge in [-0.2, -0.15) is 5.26 Å². The van der Waals surface area contributed by atoms with E-state index in [9.17, 15) is 13.2 Å². The lowest BCUT2D eigenvalue weighted by Crippen LogP contribution is -2.02. The summed E-state index contributed by atoms with van der Waals surface area (Å²) in [4.78, 5) is 0. The summed E-state index contributed by atoms with van der Waals surface area (Å²) in [6.45, 7) is 0.134. The molecule has 0 amide bonds. The number of halogens is 3. The Morgan fingerprint density at radius 2 is 1.63 bits per heavy atom. The van der Waals surface area contributed by atoms with E-state index in [-0.39, 0.29) is 12.1 Å². The third-order valence-corrected chi connectivity index (χ3v) is 2.51. The van der Waals surface area contributed by atoms with Gasteiger partial charge in [-0.3, -0.25) is 0 Å². The largest absolute Gasteiger partial charge is 0.380 e. The van der Waals surface area contributed by atoms with E-state index in [4.69, 9.17) is 5.26 Å². The Morgan fingerprint density at radius 3 is 2.26 bits per heavy atom. The van der Waals surface area contributed by atoms with Crippen LogP contribution in [-0.2, 0) is 6.54 Å². The van der Waals surface area contributed by atoms with Crippen LogP contribution in [0.15, 0.2) is 36.4 Å². The number of hydrogen-bond donors (Lipinski definition) is 1. The van der Waals surface area contributed by atoms with Crippen LogP contribution < -0.4 is 5.32 Å². The van der Waals surface area contributed by atoms with Crippen molar-refractivity contribution in [2.75, 3.05) is 5.32 Å². The third kappa shape index (κ3) is 3.26. The predicted octanol–water partition coefficient (Wildman–Crippen LogP) is 3.59. The highest BCUT2D eigenvalue weighted by molar-refractivity contribution is 5.57. The molecule has 2 nitrogen and oxygen atoms in total. The van der Waals surface area contributed by atoms with E-state index in [0.717, 1.165) is 12.1 Å². The summed E-state index contributed by atoms with van der Waals surface area (Å²) in [7, 11) is 0. The van der Waals surface area contributed by atoms with Crippen molar-refractivity contribution in [3.8, 4) is 6.07 Å². The number of nitrogens with one attached hydrogen (secondary N) is 1. The highest BCUT2D eigenvalue weighted by Gasteiger charge is 2.05. The van der Waals surface area contributed by atoms with Crippen LogP contribution in [0.1, 0.15) is 11.1 Å². The standard InChI is InChI=1S/C14H9F3N2/c15-11-1-2-14(10(5-11)7-18)19-8-9-3-12(16)6-13(17)4-9/h1-6,19H,8H2. The molecule has 0 aliphatic heterocycles. The number of benzene rings is 2. The van der Waals surface area contributed by atoms with E-state index in [0.29, 0.717) is 11.3 Å². The quantitative estimate of drug-likeness (QED) is 0.917. The van der Waals surface area contributed by atoms with Crippen LogP contribution in [0.3, 0.4) is 0 Å². The van der Waals surface area contributed by atoms with Crippen LogP contribution >= 0.6 is 0 Å². The molecule has 2 aromatic carbocycles. The first-order chi connectivity index (χ1) is 9.08. The second kappa shape index (κ2) is 5.44. The lowest BCUT2D eigenvalue weighted by molar-refractivity contribution is 0.580. The van der Waals surface area contributed by atoms with Crippen molar-refractivity contribution in [1.29, 1.82) is 5.26 Å². The zero-order valence-electron chi connectivity index (χ0n) is 9.75. The van der Waals surface area contributed by atoms with E-state index in [2.05, 4.69) is 5.32 Å². The van der Waals surface area contributed by atoms with Gasteiger partial charge < -0.3 is 5.32 Å². The molecule has 0 unspecified atom stereocenters. The average Bonchev–Trinajstić information content (AvgIpc) is 2.36. The van der Waals surface area contributed by atoms with Crippen LogP contribution in [0.25, 0.3) is 0 Å². The maximum Gasteiger partial charge on any atom is 0.126 e. The van der Waals surface area contributed by atoms with E-state index in [1.807, 2.05) is 6.07 Å². The molecule has 0 fully saturated rings. The van der Waals surface area contributed by atoms with Crippen molar-refractivity contribution in [1.82, 2.24) is 0 Å². The second-order valence-corrected chi connectivity index (χ2v) is 3.93. The summed E-state index contributed by atoms with van der Waals surface area (Å²) in [5, 5.41) is 11.7. The zero-order chi connectivity index (χ0) is 13.8. The van der Waals surface area contributed by atoms with Gasteiger partial charge in [-0.1, -0.05) is 0 Å². The fraction of sp³-hybridized carbons (Fsp3) is 0.0714. The highest BCUT2D eigenvalue weighted by Crippen LogP contribution is 2.17. The summed E-state index contributed by atoms with van der Waals surface area (Å²) < 4.78 is 38.9. The Bertz CT molecular complexity index is 627. The molecule has 0 aliphatic rings. The fourth-order valence-corrected chi connectivity index (χ4v) is 1.67. The van der Waals surface area contributed by atoms with Gasteiger partial charge in [0.05, 0.1) is 11.3 Å². The molecule has 1 N–H and O–H groups in total. The summed E-state index contributed by atoms with van der Waals surface area (Å²) in [6, 6.07) is 8.70. The van der Waals surface area contributed by atoms with Gasteiger partial charge in [-0.05, 0) is 35.9 Å². The van der Waals surface area contributed by atoms with Gasteiger partial charge in [0.1, 0.15) is 23.5 Å². The van der Waals surface area contributed by atoms with Crippen molar-refractivity contribution in [2.24, 2.45) is 0 Å². The van der Waals surface area contributed by atoms with Gasteiger partial charge in [-0.25, -0.2) is 13.2 Å². The number of hydrogen-bond acceptors (Lipinski definition) is 2. The molecule has 96 valence electrons. The Kier molecular flexibility index (Phi) is 3.71. The number of nitrogens with zero attached hydrogens (tertiary/aromatic N) is 1. The maximum absolute atomic E-state index is 13.0. The minimum Gasteiger partial charge on any atom is -0.380 e. The van der Waals surface area contributed by atoms with Crippen LogP contribution in [0.4, 0.5) is 18.9 Å². The molecular weight excluding hydrogens is 253 g/mol. The summed E-state index contributed by atoms with van der Waals surface area (Å²) in [5.41, 5.74) is 0.941. The van der Waals surface area contributed by atoms with E-state index in [1.54, 1.807) is 0 Å². The second-order valence-electron chi connectivity index (χ2n) is 3.93. The Hall–Kier alpha value is -2.48. The molecule has 19 heavy (non-hydrogen) atoms. The van der Waals surface area contributed by atoms with Crippen molar-refractivity contribution < 1.29 is 13.2 Å². The number of anilines is 1. The first kappa shape index (κ1) is 13.0. The number of nitriles is 1. The number of rotatable bonds is 3. The van der Waals surface area contributed by atoms with Crippen LogP contribution in [0, 0.1) is 28.8 Å². The van der Waals surface area contributed by atoms with Gasteiger partial charge in [-0.15, -0.1) is 0 Å². The summed E-state index contributed by atoms with van der Waals surface area (Å²) in [6.07, 6.45) is 0. The van der Waals surface area contributed by atoms with Crippen LogP contribution in [0.5, 0.6) is 0 Å². The van der Waals surface area contributed by atoms with Gasteiger partial charge in [0, 0.05) is 12.6 Å². The first-order valence-electron chi connectivity index (χ1n) is 5.47. The molecule has 0 atom stereocenters. The van der Waals surface area contributed by atoms with E-state index >= 15 is 0 Å². The monoisotopic (exact) mass is 262 g/mol. The molecular formula is C14H9F3N2. The predicted molar refractivity (Wildman–Crippen MR) is 64.8 cm³/mol. The Labute approximate surface area is 108 Å². The maximum atomic E-state index is 13.0. The lowest BCUT2D eigenvalue weighted by Gasteiger charge is -2.08. The summed E-state index contributed by atoms with van der Waals surface area (Å²) >= 11 is 0. The summed E-state index contributed by atoms with van der Waals surface area (Å²) in [5.74, 6) is -1.85. The molecule has 2 aromatic rings. The topological polar surface area (TPSA) is 35.8 Å². The van der Waals surface area contributed by atoms with Crippen molar-refractivity contribution in [3.63, 3.8) is 0 Å². The molecule has 2 rings (SSSR count). The minimum absolute atomic E-state index is 0.134. The molecule has 0 radical (unpaired) electrons. The normalized spacial score (nSPS) is 10.0. The molecule has 0 bridgehead atoms. The zero-order valence-corrected chi connectivity index (χ0v) is 9.75. The van der Waals surface area contributed by atoms with E-state index in [1.165, 1.54) is 24.3 Å².